The molecule has 0 amide bonds. The summed E-state index contributed by atoms with van der Waals surface area (Å²) in [5.41, 5.74) is 1.06. The zero-order chi connectivity index (χ0) is 15.9. The van der Waals surface area contributed by atoms with Gasteiger partial charge in [-0.25, -0.2) is 0 Å². The SMILES string of the molecule is O=[N+]([O-])C1COc2ccccc2C1.O=[N+]([O-])c1ccccc1. The van der Waals surface area contributed by atoms with E-state index in [9.17, 15) is 20.2 Å². The van der Waals surface area contributed by atoms with Crippen LogP contribution in [0.1, 0.15) is 5.56 Å². The van der Waals surface area contributed by atoms with Crippen LogP contribution in [0.2, 0.25) is 0 Å². The minimum absolute atomic E-state index is 0.137. The molecular formula is C15H14N2O5. The third-order valence-corrected chi connectivity index (χ3v) is 3.12. The molecule has 1 atom stereocenters. The Kier molecular flexibility index (Phi) is 5.02. The zero-order valence-corrected chi connectivity index (χ0v) is 11.6. The first-order valence-electron chi connectivity index (χ1n) is 6.61. The van der Waals surface area contributed by atoms with Crippen molar-refractivity contribution in [2.75, 3.05) is 6.61 Å². The second-order valence-electron chi connectivity index (χ2n) is 4.65. The monoisotopic (exact) mass is 302 g/mol. The molecule has 1 aliphatic heterocycles. The van der Waals surface area contributed by atoms with E-state index in [1.165, 1.54) is 12.1 Å². The van der Waals surface area contributed by atoms with Crippen molar-refractivity contribution in [2.45, 2.75) is 12.5 Å². The summed E-state index contributed by atoms with van der Waals surface area (Å²) in [5.74, 6) is 0.778. The Balaban J connectivity index is 0.000000172. The lowest BCUT2D eigenvalue weighted by Crippen LogP contribution is -2.32. The number of nitro benzene ring substituents is 1. The molecule has 1 aliphatic rings. The van der Waals surface area contributed by atoms with E-state index in [1.807, 2.05) is 24.3 Å². The van der Waals surface area contributed by atoms with Crippen LogP contribution in [0.15, 0.2) is 54.6 Å². The van der Waals surface area contributed by atoms with Crippen molar-refractivity contribution >= 4 is 5.69 Å². The van der Waals surface area contributed by atoms with E-state index in [4.69, 9.17) is 4.74 Å². The normalized spacial score (nSPS) is 15.5. The summed E-state index contributed by atoms with van der Waals surface area (Å²) >= 11 is 0. The van der Waals surface area contributed by atoms with Crippen molar-refractivity contribution in [1.29, 1.82) is 0 Å². The van der Waals surface area contributed by atoms with Crippen LogP contribution in [0, 0.1) is 20.2 Å². The zero-order valence-electron chi connectivity index (χ0n) is 11.6. The van der Waals surface area contributed by atoms with E-state index in [-0.39, 0.29) is 17.2 Å². The van der Waals surface area contributed by atoms with E-state index in [0.29, 0.717) is 6.42 Å². The van der Waals surface area contributed by atoms with Crippen molar-refractivity contribution in [3.05, 3.63) is 80.4 Å². The number of non-ortho nitro benzene ring substituents is 1. The average Bonchev–Trinajstić information content (AvgIpc) is 2.55. The highest BCUT2D eigenvalue weighted by molar-refractivity contribution is 5.35. The molecule has 7 heteroatoms. The maximum atomic E-state index is 10.5. The van der Waals surface area contributed by atoms with Gasteiger partial charge in [-0.1, -0.05) is 36.4 Å². The minimum atomic E-state index is -0.588. The van der Waals surface area contributed by atoms with E-state index in [0.717, 1.165) is 11.3 Å². The van der Waals surface area contributed by atoms with E-state index in [1.54, 1.807) is 18.2 Å². The molecule has 0 saturated heterocycles. The van der Waals surface area contributed by atoms with Gasteiger partial charge in [-0.15, -0.1) is 0 Å². The Hall–Kier alpha value is -2.96. The molecule has 2 aromatic rings. The predicted octanol–water partition coefficient (Wildman–Crippen LogP) is 2.86. The van der Waals surface area contributed by atoms with Crippen LogP contribution in [0.4, 0.5) is 5.69 Å². The van der Waals surface area contributed by atoms with Gasteiger partial charge >= 0.3 is 0 Å². The van der Waals surface area contributed by atoms with Gasteiger partial charge in [-0.2, -0.15) is 0 Å². The highest BCUT2D eigenvalue weighted by Gasteiger charge is 2.27. The first-order chi connectivity index (χ1) is 10.6. The maximum absolute atomic E-state index is 10.5. The third kappa shape index (κ3) is 4.02. The van der Waals surface area contributed by atoms with Gasteiger partial charge in [0, 0.05) is 29.0 Å². The second kappa shape index (κ2) is 7.16. The second-order valence-corrected chi connectivity index (χ2v) is 4.65. The lowest BCUT2D eigenvalue weighted by molar-refractivity contribution is -0.525. The molecule has 22 heavy (non-hydrogen) atoms. The van der Waals surface area contributed by atoms with Crippen LogP contribution in [0.5, 0.6) is 5.75 Å². The molecular weight excluding hydrogens is 288 g/mol. The summed E-state index contributed by atoms with van der Waals surface area (Å²) in [6.45, 7) is 0.185. The summed E-state index contributed by atoms with van der Waals surface area (Å²) < 4.78 is 5.26. The Morgan fingerprint density at radius 2 is 1.59 bits per heavy atom. The summed E-state index contributed by atoms with van der Waals surface area (Å²) in [6.07, 6.45) is 0.475. The molecule has 0 radical (unpaired) electrons. The molecule has 0 spiro atoms. The number of ether oxygens (including phenoxy) is 1. The minimum Gasteiger partial charge on any atom is -0.486 e. The Labute approximate surface area is 126 Å². The van der Waals surface area contributed by atoms with Crippen LogP contribution in [-0.2, 0) is 6.42 Å². The first-order valence-corrected chi connectivity index (χ1v) is 6.61. The molecule has 7 nitrogen and oxygen atoms in total. The molecule has 0 aliphatic carbocycles. The number of para-hydroxylation sites is 2. The molecule has 114 valence electrons. The molecule has 2 aromatic carbocycles. The van der Waals surface area contributed by atoms with E-state index in [2.05, 4.69) is 0 Å². The Morgan fingerprint density at radius 1 is 0.955 bits per heavy atom. The van der Waals surface area contributed by atoms with E-state index >= 15 is 0 Å². The topological polar surface area (TPSA) is 95.5 Å². The molecule has 0 fully saturated rings. The highest BCUT2D eigenvalue weighted by Crippen LogP contribution is 2.24. The van der Waals surface area contributed by atoms with Crippen LogP contribution in [0.25, 0.3) is 0 Å². The highest BCUT2D eigenvalue weighted by atomic mass is 16.6. The van der Waals surface area contributed by atoms with E-state index < -0.39 is 11.0 Å². The Bertz CT molecular complexity index is 660. The van der Waals surface area contributed by atoms with Crippen molar-refractivity contribution in [3.63, 3.8) is 0 Å². The molecule has 0 N–H and O–H groups in total. The maximum Gasteiger partial charge on any atom is 0.269 e. The number of benzene rings is 2. The van der Waals surface area contributed by atoms with Crippen molar-refractivity contribution in [3.8, 4) is 5.75 Å². The van der Waals surface area contributed by atoms with Crippen molar-refractivity contribution in [2.24, 2.45) is 0 Å². The predicted molar refractivity (Wildman–Crippen MR) is 79.5 cm³/mol. The fourth-order valence-electron chi connectivity index (χ4n) is 2.00. The number of nitro groups is 2. The molecule has 0 bridgehead atoms. The molecule has 0 saturated carbocycles. The smallest absolute Gasteiger partial charge is 0.269 e. The van der Waals surface area contributed by atoms with Gasteiger partial charge < -0.3 is 4.74 Å². The Morgan fingerprint density at radius 3 is 2.18 bits per heavy atom. The van der Waals surface area contributed by atoms with Gasteiger partial charge in [0.1, 0.15) is 5.75 Å². The lowest BCUT2D eigenvalue weighted by Gasteiger charge is -2.19. The van der Waals surface area contributed by atoms with Crippen LogP contribution >= 0.6 is 0 Å². The van der Waals surface area contributed by atoms with Crippen molar-refractivity contribution in [1.82, 2.24) is 0 Å². The van der Waals surface area contributed by atoms with Crippen LogP contribution in [0.3, 0.4) is 0 Å². The van der Waals surface area contributed by atoms with Gasteiger partial charge in [0.25, 0.3) is 11.7 Å². The molecule has 3 rings (SSSR count). The molecule has 0 aromatic heterocycles. The quantitative estimate of drug-likeness (QED) is 0.627. The fourth-order valence-corrected chi connectivity index (χ4v) is 2.00. The number of rotatable bonds is 2. The van der Waals surface area contributed by atoms with Gasteiger partial charge in [0.2, 0.25) is 0 Å². The average molecular weight is 302 g/mol. The number of hydrogen-bond acceptors (Lipinski definition) is 5. The third-order valence-electron chi connectivity index (χ3n) is 3.12. The summed E-state index contributed by atoms with van der Waals surface area (Å²) in [5, 5.41) is 20.5. The number of nitrogens with zero attached hydrogens (tertiary/aromatic N) is 2. The molecule has 1 unspecified atom stereocenters. The number of fused-ring (bicyclic) bond motifs is 1. The standard InChI is InChI=1S/C9H9NO3.C6H5NO2/c11-10(12)8-5-7-3-1-2-4-9(7)13-6-8;8-7(9)6-4-2-1-3-5-6/h1-4,8H,5-6H2;1-5H. The van der Waals surface area contributed by atoms with Gasteiger partial charge in [-0.3, -0.25) is 20.2 Å². The molecule has 1 heterocycles. The van der Waals surface area contributed by atoms with Gasteiger partial charge in [0.05, 0.1) is 4.92 Å². The van der Waals surface area contributed by atoms with Gasteiger partial charge in [0.15, 0.2) is 6.61 Å². The summed E-state index contributed by atoms with van der Waals surface area (Å²) in [6, 6.07) is 14.8. The largest absolute Gasteiger partial charge is 0.486 e. The fraction of sp³-hybridized carbons (Fsp3) is 0.200. The van der Waals surface area contributed by atoms with Gasteiger partial charge in [-0.05, 0) is 6.07 Å². The van der Waals surface area contributed by atoms with Crippen LogP contribution < -0.4 is 4.74 Å². The van der Waals surface area contributed by atoms with Crippen molar-refractivity contribution < 1.29 is 14.6 Å². The first kappa shape index (κ1) is 15.4. The summed E-state index contributed by atoms with van der Waals surface area (Å²) in [4.78, 5) is 19.8. The number of hydrogen-bond donors (Lipinski definition) is 0. The lowest BCUT2D eigenvalue weighted by atomic mass is 10.0. The van der Waals surface area contributed by atoms with Crippen LogP contribution in [-0.4, -0.2) is 22.5 Å². The summed E-state index contributed by atoms with van der Waals surface area (Å²) in [7, 11) is 0.